The van der Waals surface area contributed by atoms with Crippen molar-refractivity contribution in [3.8, 4) is 22.7 Å². The molecule has 1 fully saturated rings. The third-order valence-corrected chi connectivity index (χ3v) is 6.02. The van der Waals surface area contributed by atoms with Crippen LogP contribution in [0.3, 0.4) is 0 Å². The van der Waals surface area contributed by atoms with E-state index in [0.29, 0.717) is 9.23 Å². The largest absolute Gasteiger partial charge is 0.490 e. The summed E-state index contributed by atoms with van der Waals surface area (Å²) in [5, 5.41) is 7.51. The van der Waals surface area contributed by atoms with Crippen LogP contribution >= 0.6 is 24.0 Å². The maximum atomic E-state index is 12.2. The third kappa shape index (κ3) is 3.47. The van der Waals surface area contributed by atoms with Gasteiger partial charge >= 0.3 is 0 Å². The van der Waals surface area contributed by atoms with E-state index in [-0.39, 0.29) is 12.0 Å². The van der Waals surface area contributed by atoms with Crippen LogP contribution in [-0.4, -0.2) is 26.1 Å². The van der Waals surface area contributed by atoms with Gasteiger partial charge in [0.05, 0.1) is 10.6 Å². The van der Waals surface area contributed by atoms with E-state index in [1.165, 1.54) is 17.3 Å². The predicted molar refractivity (Wildman–Crippen MR) is 119 cm³/mol. The second-order valence-electron chi connectivity index (χ2n) is 7.02. The molecule has 0 radical (unpaired) electrons. The average Bonchev–Trinajstić information content (AvgIpc) is 3.38. The van der Waals surface area contributed by atoms with E-state index in [1.807, 2.05) is 59.4 Å². The second kappa shape index (κ2) is 7.17. The molecule has 7 heteroatoms. The molecule has 2 aliphatic rings. The van der Waals surface area contributed by atoms with E-state index < -0.39 is 0 Å². The van der Waals surface area contributed by atoms with Crippen LogP contribution in [0.5, 0.6) is 5.75 Å². The molecule has 29 heavy (non-hydrogen) atoms. The Bertz CT molecular complexity index is 1170. The van der Waals surface area contributed by atoms with Gasteiger partial charge in [0.15, 0.2) is 0 Å². The van der Waals surface area contributed by atoms with Crippen molar-refractivity contribution in [2.45, 2.75) is 19.4 Å². The Morgan fingerprint density at radius 2 is 2.10 bits per heavy atom. The zero-order chi connectivity index (χ0) is 20.0. The number of ether oxygens (including phenoxy) is 1. The van der Waals surface area contributed by atoms with Gasteiger partial charge in [-0.2, -0.15) is 5.10 Å². The van der Waals surface area contributed by atoms with Crippen LogP contribution in [0.15, 0.2) is 59.6 Å². The fraction of sp³-hybridized carbons (Fsp3) is 0.136. The molecule has 0 spiro atoms. The second-order valence-corrected chi connectivity index (χ2v) is 8.74. The van der Waals surface area contributed by atoms with Crippen molar-refractivity contribution in [1.29, 1.82) is 0 Å². The SMILES string of the molecule is C[C@H]1Cc2cc(-c3nn(-c4ccccc4)cc3/C=C3/SC(=S)NC3=O)ccc2O1. The Morgan fingerprint density at radius 3 is 2.86 bits per heavy atom. The lowest BCUT2D eigenvalue weighted by molar-refractivity contribution is -0.115. The molecule has 1 aromatic heterocycles. The van der Waals surface area contributed by atoms with Crippen LogP contribution < -0.4 is 10.1 Å². The molecule has 1 N–H and O–H groups in total. The number of benzene rings is 2. The number of rotatable bonds is 3. The summed E-state index contributed by atoms with van der Waals surface area (Å²) in [6.45, 7) is 2.07. The number of hydrogen-bond donors (Lipinski definition) is 1. The molecule has 0 bridgehead atoms. The van der Waals surface area contributed by atoms with Crippen LogP contribution in [0.2, 0.25) is 0 Å². The lowest BCUT2D eigenvalue weighted by atomic mass is 10.0. The van der Waals surface area contributed by atoms with Crippen molar-refractivity contribution in [2.24, 2.45) is 0 Å². The van der Waals surface area contributed by atoms with Crippen molar-refractivity contribution in [2.75, 3.05) is 0 Å². The van der Waals surface area contributed by atoms with E-state index >= 15 is 0 Å². The zero-order valence-corrected chi connectivity index (χ0v) is 17.2. The summed E-state index contributed by atoms with van der Waals surface area (Å²) in [4.78, 5) is 12.7. The van der Waals surface area contributed by atoms with Gasteiger partial charge in [0.25, 0.3) is 5.91 Å². The van der Waals surface area contributed by atoms with Crippen molar-refractivity contribution in [3.05, 3.63) is 70.8 Å². The minimum Gasteiger partial charge on any atom is -0.490 e. The minimum absolute atomic E-state index is 0.172. The maximum absolute atomic E-state index is 12.2. The summed E-state index contributed by atoms with van der Waals surface area (Å²) in [5.41, 5.74) is 4.81. The summed E-state index contributed by atoms with van der Waals surface area (Å²) in [7, 11) is 0. The topological polar surface area (TPSA) is 56.2 Å². The fourth-order valence-electron chi connectivity index (χ4n) is 3.56. The van der Waals surface area contributed by atoms with Gasteiger partial charge < -0.3 is 10.1 Å². The number of nitrogens with one attached hydrogen (secondary N) is 1. The number of amides is 1. The van der Waals surface area contributed by atoms with Gasteiger partial charge in [-0.15, -0.1) is 0 Å². The first-order chi connectivity index (χ1) is 14.1. The Kier molecular flexibility index (Phi) is 4.49. The van der Waals surface area contributed by atoms with E-state index in [2.05, 4.69) is 18.3 Å². The molecule has 2 aliphatic heterocycles. The van der Waals surface area contributed by atoms with E-state index in [0.717, 1.165) is 34.7 Å². The highest BCUT2D eigenvalue weighted by Crippen LogP contribution is 2.35. The normalized spacial score (nSPS) is 19.3. The van der Waals surface area contributed by atoms with Gasteiger partial charge in [0.2, 0.25) is 0 Å². The average molecular weight is 420 g/mol. The summed E-state index contributed by atoms with van der Waals surface area (Å²) in [6, 6.07) is 16.1. The highest BCUT2D eigenvalue weighted by molar-refractivity contribution is 8.26. The summed E-state index contributed by atoms with van der Waals surface area (Å²) < 4.78 is 8.14. The summed E-state index contributed by atoms with van der Waals surface area (Å²) in [5.74, 6) is 0.759. The number of aromatic nitrogens is 2. The molecule has 1 atom stereocenters. The van der Waals surface area contributed by atoms with Gasteiger partial charge in [-0.05, 0) is 48.9 Å². The molecule has 144 valence electrons. The van der Waals surface area contributed by atoms with Crippen LogP contribution in [0, 0.1) is 0 Å². The number of hydrogen-bond acceptors (Lipinski definition) is 5. The Balaban J connectivity index is 1.63. The van der Waals surface area contributed by atoms with Crippen molar-refractivity contribution in [3.63, 3.8) is 0 Å². The Labute approximate surface area is 177 Å². The standard InChI is InChI=1S/C22H17N3O2S2/c1-13-9-15-10-14(7-8-18(15)27-13)20-16(11-19-21(26)23-22(28)29-19)12-25(24-20)17-5-3-2-4-6-17/h2-8,10-13H,9H2,1H3,(H,23,26,28)/b19-11+/t13-/m0/s1. The van der Waals surface area contributed by atoms with Gasteiger partial charge in [0.1, 0.15) is 21.9 Å². The number of carbonyl (C=O) groups excluding carboxylic acids is 1. The zero-order valence-electron chi connectivity index (χ0n) is 15.6. The predicted octanol–water partition coefficient (Wildman–Crippen LogP) is 4.35. The van der Waals surface area contributed by atoms with Crippen molar-refractivity contribution >= 4 is 40.3 Å². The number of fused-ring (bicyclic) bond motifs is 1. The van der Waals surface area contributed by atoms with Gasteiger partial charge in [-0.1, -0.05) is 42.2 Å². The lowest BCUT2D eigenvalue weighted by Crippen LogP contribution is -2.17. The fourth-order valence-corrected chi connectivity index (χ4v) is 4.60. The monoisotopic (exact) mass is 419 g/mol. The number of para-hydroxylation sites is 1. The van der Waals surface area contributed by atoms with Crippen molar-refractivity contribution < 1.29 is 9.53 Å². The first kappa shape index (κ1) is 18.1. The van der Waals surface area contributed by atoms with E-state index in [9.17, 15) is 4.79 Å². The number of nitrogens with zero attached hydrogens (tertiary/aromatic N) is 2. The van der Waals surface area contributed by atoms with Gasteiger partial charge in [-0.25, -0.2) is 4.68 Å². The molecule has 0 aliphatic carbocycles. The van der Waals surface area contributed by atoms with E-state index in [1.54, 1.807) is 0 Å². The summed E-state index contributed by atoms with van der Waals surface area (Å²) >= 11 is 6.39. The van der Waals surface area contributed by atoms with Crippen LogP contribution in [0.1, 0.15) is 18.1 Å². The third-order valence-electron chi connectivity index (χ3n) is 4.86. The van der Waals surface area contributed by atoms with Crippen molar-refractivity contribution in [1.82, 2.24) is 15.1 Å². The molecule has 2 aromatic carbocycles. The molecule has 3 aromatic rings. The quantitative estimate of drug-likeness (QED) is 0.505. The van der Waals surface area contributed by atoms with Crippen LogP contribution in [-0.2, 0) is 11.2 Å². The number of thioether (sulfide) groups is 1. The molecular formula is C22H17N3O2S2. The van der Waals surface area contributed by atoms with E-state index in [4.69, 9.17) is 22.1 Å². The minimum atomic E-state index is -0.172. The lowest BCUT2D eigenvalue weighted by Gasteiger charge is -2.04. The molecule has 1 saturated heterocycles. The molecule has 5 rings (SSSR count). The van der Waals surface area contributed by atoms with Gasteiger partial charge in [0, 0.05) is 23.7 Å². The Hall–Kier alpha value is -2.90. The highest BCUT2D eigenvalue weighted by atomic mass is 32.2. The first-order valence-electron chi connectivity index (χ1n) is 9.27. The molecular weight excluding hydrogens is 402 g/mol. The smallest absolute Gasteiger partial charge is 0.263 e. The summed E-state index contributed by atoms with van der Waals surface area (Å²) in [6.07, 6.45) is 4.86. The van der Waals surface area contributed by atoms with Crippen LogP contribution in [0.4, 0.5) is 0 Å². The highest BCUT2D eigenvalue weighted by Gasteiger charge is 2.24. The molecule has 3 heterocycles. The molecule has 1 amide bonds. The molecule has 5 nitrogen and oxygen atoms in total. The molecule has 0 saturated carbocycles. The van der Waals surface area contributed by atoms with Crippen LogP contribution in [0.25, 0.3) is 23.0 Å². The number of thiocarbonyl (C=S) groups is 1. The molecule has 0 unspecified atom stereocenters. The first-order valence-corrected chi connectivity index (χ1v) is 10.5. The number of carbonyl (C=O) groups is 1. The van der Waals surface area contributed by atoms with Gasteiger partial charge in [-0.3, -0.25) is 4.79 Å². The maximum Gasteiger partial charge on any atom is 0.263 e. The Morgan fingerprint density at radius 1 is 1.28 bits per heavy atom.